The second-order valence-corrected chi connectivity index (χ2v) is 7.80. The van der Waals surface area contributed by atoms with E-state index in [4.69, 9.17) is 16.0 Å². The molecule has 2 aromatic carbocycles. The topological polar surface area (TPSA) is 45.5 Å². The molecule has 1 unspecified atom stereocenters. The minimum absolute atomic E-state index is 0.0580. The van der Waals surface area contributed by atoms with Crippen LogP contribution < -0.4 is 5.32 Å². The Bertz CT molecular complexity index is 976. The molecule has 5 heteroatoms. The van der Waals surface area contributed by atoms with Crippen molar-refractivity contribution in [1.82, 2.24) is 10.2 Å². The van der Waals surface area contributed by atoms with Gasteiger partial charge >= 0.3 is 0 Å². The van der Waals surface area contributed by atoms with Gasteiger partial charge < -0.3 is 9.73 Å². The van der Waals surface area contributed by atoms with Gasteiger partial charge in [0.2, 0.25) is 0 Å². The minimum Gasteiger partial charge on any atom is -0.451 e. The molecule has 1 amide bonds. The van der Waals surface area contributed by atoms with Gasteiger partial charge in [-0.05, 0) is 50.6 Å². The van der Waals surface area contributed by atoms with Crippen LogP contribution in [-0.2, 0) is 0 Å². The van der Waals surface area contributed by atoms with E-state index < -0.39 is 0 Å². The molecule has 1 saturated heterocycles. The van der Waals surface area contributed by atoms with Crippen molar-refractivity contribution in [1.29, 1.82) is 0 Å². The molecule has 1 aliphatic rings. The second kappa shape index (κ2) is 8.38. The standard InChI is InChI=1S/C23H25ClN2O2/c1-16-17-9-4-6-12-21(17)28-22(16)23(27)25-15-20(26-13-7-2-8-14-26)18-10-3-5-11-19(18)24/h3-6,9-12,20H,2,7-8,13-15H2,1H3,(H,25,27). The molecular weight excluding hydrogens is 372 g/mol. The van der Waals surface area contributed by atoms with E-state index in [9.17, 15) is 4.79 Å². The summed E-state index contributed by atoms with van der Waals surface area (Å²) in [6.45, 7) is 4.47. The van der Waals surface area contributed by atoms with Crippen molar-refractivity contribution in [3.05, 3.63) is 70.4 Å². The molecule has 1 fully saturated rings. The number of hydrogen-bond acceptors (Lipinski definition) is 3. The first kappa shape index (κ1) is 19.0. The van der Waals surface area contributed by atoms with Crippen LogP contribution in [0.15, 0.2) is 52.9 Å². The van der Waals surface area contributed by atoms with E-state index in [0.717, 1.165) is 40.2 Å². The molecule has 0 saturated carbocycles. The number of nitrogens with zero attached hydrogens (tertiary/aromatic N) is 1. The molecule has 0 aliphatic carbocycles. The normalized spacial score (nSPS) is 16.2. The van der Waals surface area contributed by atoms with Crippen molar-refractivity contribution in [3.8, 4) is 0 Å². The third-order valence-corrected chi connectivity index (χ3v) is 5.95. The zero-order valence-corrected chi connectivity index (χ0v) is 16.8. The van der Waals surface area contributed by atoms with Gasteiger partial charge in [0.05, 0.1) is 6.04 Å². The van der Waals surface area contributed by atoms with Gasteiger partial charge in [0.1, 0.15) is 5.58 Å². The van der Waals surface area contributed by atoms with Gasteiger partial charge in [0.25, 0.3) is 5.91 Å². The highest BCUT2D eigenvalue weighted by atomic mass is 35.5. The Morgan fingerprint density at radius 2 is 1.82 bits per heavy atom. The highest BCUT2D eigenvalue weighted by Gasteiger charge is 2.26. The van der Waals surface area contributed by atoms with Crippen LogP contribution in [0.4, 0.5) is 0 Å². The summed E-state index contributed by atoms with van der Waals surface area (Å²) < 4.78 is 5.82. The summed E-state index contributed by atoms with van der Waals surface area (Å²) in [5, 5.41) is 4.81. The number of carbonyl (C=O) groups is 1. The van der Waals surface area contributed by atoms with Crippen molar-refractivity contribution in [2.24, 2.45) is 0 Å². The second-order valence-electron chi connectivity index (χ2n) is 7.40. The van der Waals surface area contributed by atoms with Crippen molar-refractivity contribution in [2.75, 3.05) is 19.6 Å². The Hall–Kier alpha value is -2.30. The van der Waals surface area contributed by atoms with E-state index in [-0.39, 0.29) is 11.9 Å². The molecule has 0 bridgehead atoms. The van der Waals surface area contributed by atoms with Crippen LogP contribution in [0.5, 0.6) is 0 Å². The number of carbonyl (C=O) groups excluding carboxylic acids is 1. The van der Waals surface area contributed by atoms with Crippen LogP contribution in [0, 0.1) is 6.92 Å². The fourth-order valence-corrected chi connectivity index (χ4v) is 4.33. The van der Waals surface area contributed by atoms with Crippen molar-refractivity contribution in [3.63, 3.8) is 0 Å². The number of rotatable bonds is 5. The Kier molecular flexibility index (Phi) is 5.69. The van der Waals surface area contributed by atoms with E-state index in [1.54, 1.807) is 0 Å². The smallest absolute Gasteiger partial charge is 0.287 e. The van der Waals surface area contributed by atoms with Crippen LogP contribution in [0.25, 0.3) is 11.0 Å². The van der Waals surface area contributed by atoms with Gasteiger partial charge in [-0.3, -0.25) is 9.69 Å². The third kappa shape index (κ3) is 3.80. The van der Waals surface area contributed by atoms with Crippen LogP contribution >= 0.6 is 11.6 Å². The number of nitrogens with one attached hydrogen (secondary N) is 1. The van der Waals surface area contributed by atoms with Crippen LogP contribution in [0.2, 0.25) is 5.02 Å². The molecule has 3 aromatic rings. The summed E-state index contributed by atoms with van der Waals surface area (Å²) >= 11 is 6.49. The fourth-order valence-electron chi connectivity index (χ4n) is 4.07. The van der Waals surface area contributed by atoms with E-state index >= 15 is 0 Å². The molecule has 0 spiro atoms. The molecule has 2 heterocycles. The average molecular weight is 397 g/mol. The first-order chi connectivity index (χ1) is 13.6. The van der Waals surface area contributed by atoms with Gasteiger partial charge in [-0.2, -0.15) is 0 Å². The number of benzene rings is 2. The summed E-state index contributed by atoms with van der Waals surface area (Å²) in [5.74, 6) is 0.209. The number of likely N-dealkylation sites (tertiary alicyclic amines) is 1. The number of para-hydroxylation sites is 1. The fraction of sp³-hybridized carbons (Fsp3) is 0.348. The van der Waals surface area contributed by atoms with E-state index in [0.29, 0.717) is 12.3 Å². The quantitative estimate of drug-likeness (QED) is 0.632. The molecule has 1 N–H and O–H groups in total. The lowest BCUT2D eigenvalue weighted by Crippen LogP contribution is -2.40. The van der Waals surface area contributed by atoms with Gasteiger partial charge in [0.15, 0.2) is 5.76 Å². The number of aryl methyl sites for hydroxylation is 1. The highest BCUT2D eigenvalue weighted by Crippen LogP contribution is 2.30. The zero-order chi connectivity index (χ0) is 19.5. The third-order valence-electron chi connectivity index (χ3n) is 5.60. The SMILES string of the molecule is Cc1c(C(=O)NCC(c2ccccc2Cl)N2CCCCC2)oc2ccccc12. The molecule has 28 heavy (non-hydrogen) atoms. The highest BCUT2D eigenvalue weighted by molar-refractivity contribution is 6.31. The van der Waals surface area contributed by atoms with Gasteiger partial charge in [-0.15, -0.1) is 0 Å². The molecule has 1 aliphatic heterocycles. The summed E-state index contributed by atoms with van der Waals surface area (Å²) in [4.78, 5) is 15.3. The zero-order valence-electron chi connectivity index (χ0n) is 16.1. The van der Waals surface area contributed by atoms with E-state index in [2.05, 4.69) is 16.3 Å². The van der Waals surface area contributed by atoms with Gasteiger partial charge in [-0.1, -0.05) is 54.4 Å². The predicted octanol–water partition coefficient (Wildman–Crippen LogP) is 5.35. The largest absolute Gasteiger partial charge is 0.451 e. The lowest BCUT2D eigenvalue weighted by atomic mass is 10.0. The average Bonchev–Trinajstić information content (AvgIpc) is 3.07. The summed E-state index contributed by atoms with van der Waals surface area (Å²) in [7, 11) is 0. The Labute approximate surface area is 170 Å². The summed E-state index contributed by atoms with van der Waals surface area (Å²) in [5.41, 5.74) is 2.68. The Morgan fingerprint density at radius 1 is 1.11 bits per heavy atom. The summed E-state index contributed by atoms with van der Waals surface area (Å²) in [6.07, 6.45) is 3.62. The first-order valence-corrected chi connectivity index (χ1v) is 10.3. The van der Waals surface area contributed by atoms with Crippen molar-refractivity contribution >= 4 is 28.5 Å². The number of amides is 1. The maximum absolute atomic E-state index is 12.9. The molecule has 4 rings (SSSR count). The van der Waals surface area contributed by atoms with E-state index in [1.807, 2.05) is 49.4 Å². The van der Waals surface area contributed by atoms with Crippen molar-refractivity contribution in [2.45, 2.75) is 32.2 Å². The lowest BCUT2D eigenvalue weighted by Gasteiger charge is -2.35. The molecule has 146 valence electrons. The Balaban J connectivity index is 1.55. The minimum atomic E-state index is -0.178. The van der Waals surface area contributed by atoms with Gasteiger partial charge in [0, 0.05) is 22.5 Å². The number of halogens is 1. The summed E-state index contributed by atoms with van der Waals surface area (Å²) in [6, 6.07) is 15.7. The molecule has 0 radical (unpaired) electrons. The van der Waals surface area contributed by atoms with Gasteiger partial charge in [-0.25, -0.2) is 0 Å². The van der Waals surface area contributed by atoms with Crippen LogP contribution in [-0.4, -0.2) is 30.4 Å². The van der Waals surface area contributed by atoms with Crippen LogP contribution in [0.3, 0.4) is 0 Å². The number of furan rings is 1. The number of fused-ring (bicyclic) bond motifs is 1. The lowest BCUT2D eigenvalue weighted by molar-refractivity contribution is 0.0898. The predicted molar refractivity (Wildman–Crippen MR) is 113 cm³/mol. The van der Waals surface area contributed by atoms with Crippen molar-refractivity contribution < 1.29 is 9.21 Å². The first-order valence-electron chi connectivity index (χ1n) is 9.90. The molecule has 1 atom stereocenters. The molecular formula is C23H25ClN2O2. The molecule has 4 nitrogen and oxygen atoms in total. The van der Waals surface area contributed by atoms with Crippen LogP contribution in [0.1, 0.15) is 47.0 Å². The Morgan fingerprint density at radius 3 is 2.57 bits per heavy atom. The van der Waals surface area contributed by atoms with E-state index in [1.165, 1.54) is 19.3 Å². The molecule has 1 aromatic heterocycles. The monoisotopic (exact) mass is 396 g/mol. The number of piperidine rings is 1. The number of hydrogen-bond donors (Lipinski definition) is 1. The maximum atomic E-state index is 12.9. The maximum Gasteiger partial charge on any atom is 0.287 e.